The Morgan fingerprint density at radius 2 is 2.00 bits per heavy atom. The number of esters is 1. The summed E-state index contributed by atoms with van der Waals surface area (Å²) in [6.45, 7) is 6.89. The van der Waals surface area contributed by atoms with E-state index in [1.54, 1.807) is 6.08 Å². The first-order chi connectivity index (χ1) is 6.58. The van der Waals surface area contributed by atoms with Crippen LogP contribution in [0.25, 0.3) is 0 Å². The fourth-order valence-electron chi connectivity index (χ4n) is 1.29. The van der Waals surface area contributed by atoms with Crippen LogP contribution in [0.2, 0.25) is 0 Å². The van der Waals surface area contributed by atoms with E-state index in [9.17, 15) is 4.79 Å². The third kappa shape index (κ3) is 2.22. The second-order valence-corrected chi connectivity index (χ2v) is 3.27. The van der Waals surface area contributed by atoms with Crippen LogP contribution in [0.5, 0.6) is 0 Å². The lowest BCUT2D eigenvalue weighted by Gasteiger charge is -2.25. The van der Waals surface area contributed by atoms with E-state index < -0.39 is 5.60 Å². The Hall–Kier alpha value is -1.57. The van der Waals surface area contributed by atoms with Gasteiger partial charge in [-0.1, -0.05) is 36.9 Å². The van der Waals surface area contributed by atoms with Gasteiger partial charge in [-0.15, -0.1) is 0 Å². The molecule has 0 N–H and O–H groups in total. The highest BCUT2D eigenvalue weighted by Crippen LogP contribution is 2.26. The number of carbonyl (C=O) groups is 1. The third-order valence-electron chi connectivity index (χ3n) is 2.09. The van der Waals surface area contributed by atoms with Crippen molar-refractivity contribution >= 4 is 5.97 Å². The summed E-state index contributed by atoms with van der Waals surface area (Å²) in [4.78, 5) is 10.9. The SMILES string of the molecule is C=CC(C)(OC(C)=O)c1ccccc1. The molecule has 0 saturated heterocycles. The van der Waals surface area contributed by atoms with Gasteiger partial charge in [-0.25, -0.2) is 0 Å². The average molecular weight is 190 g/mol. The summed E-state index contributed by atoms with van der Waals surface area (Å²) in [5.41, 5.74) is 0.192. The van der Waals surface area contributed by atoms with Crippen molar-refractivity contribution in [1.29, 1.82) is 0 Å². The minimum atomic E-state index is -0.729. The molecule has 0 bridgehead atoms. The summed E-state index contributed by atoms with van der Waals surface area (Å²) < 4.78 is 5.22. The van der Waals surface area contributed by atoms with E-state index in [1.807, 2.05) is 37.3 Å². The molecule has 0 amide bonds. The highest BCUT2D eigenvalue weighted by Gasteiger charge is 2.25. The van der Waals surface area contributed by atoms with Gasteiger partial charge in [0.2, 0.25) is 0 Å². The molecule has 0 saturated carbocycles. The molecule has 1 aromatic rings. The summed E-state index contributed by atoms with van der Waals surface area (Å²) in [5.74, 6) is -0.309. The topological polar surface area (TPSA) is 26.3 Å². The molecular formula is C12H14O2. The lowest BCUT2D eigenvalue weighted by molar-refractivity contribution is -0.151. The van der Waals surface area contributed by atoms with Gasteiger partial charge in [0.25, 0.3) is 0 Å². The fourth-order valence-corrected chi connectivity index (χ4v) is 1.29. The molecule has 1 rings (SSSR count). The van der Waals surface area contributed by atoms with E-state index in [0.29, 0.717) is 0 Å². The van der Waals surface area contributed by atoms with Gasteiger partial charge in [-0.3, -0.25) is 4.79 Å². The van der Waals surface area contributed by atoms with Crippen molar-refractivity contribution in [3.8, 4) is 0 Å². The van der Waals surface area contributed by atoms with E-state index in [2.05, 4.69) is 6.58 Å². The molecule has 2 heteroatoms. The molecule has 14 heavy (non-hydrogen) atoms. The third-order valence-corrected chi connectivity index (χ3v) is 2.09. The van der Waals surface area contributed by atoms with Crippen molar-refractivity contribution < 1.29 is 9.53 Å². The molecule has 1 aromatic carbocycles. The monoisotopic (exact) mass is 190 g/mol. The van der Waals surface area contributed by atoms with E-state index in [4.69, 9.17) is 4.74 Å². The first kappa shape index (κ1) is 10.5. The molecule has 1 atom stereocenters. The summed E-state index contributed by atoms with van der Waals surface area (Å²) >= 11 is 0. The van der Waals surface area contributed by atoms with E-state index in [1.165, 1.54) is 6.92 Å². The molecule has 0 heterocycles. The molecule has 0 aliphatic carbocycles. The zero-order valence-corrected chi connectivity index (χ0v) is 8.49. The molecule has 0 spiro atoms. The Balaban J connectivity index is 3.01. The van der Waals surface area contributed by atoms with Crippen molar-refractivity contribution in [3.05, 3.63) is 48.6 Å². The first-order valence-corrected chi connectivity index (χ1v) is 4.47. The zero-order chi connectivity index (χ0) is 10.6. The van der Waals surface area contributed by atoms with Crippen LogP contribution in [0.3, 0.4) is 0 Å². The van der Waals surface area contributed by atoms with Crippen molar-refractivity contribution in [1.82, 2.24) is 0 Å². The van der Waals surface area contributed by atoms with Crippen molar-refractivity contribution in [2.75, 3.05) is 0 Å². The van der Waals surface area contributed by atoms with Crippen LogP contribution in [0.4, 0.5) is 0 Å². The van der Waals surface area contributed by atoms with E-state index >= 15 is 0 Å². The predicted molar refractivity (Wildman–Crippen MR) is 55.8 cm³/mol. The maximum atomic E-state index is 10.9. The van der Waals surface area contributed by atoms with Crippen LogP contribution in [0.1, 0.15) is 19.4 Å². The predicted octanol–water partition coefficient (Wildman–Crippen LogP) is 2.65. The number of ether oxygens (including phenoxy) is 1. The highest BCUT2D eigenvalue weighted by molar-refractivity contribution is 5.67. The van der Waals surface area contributed by atoms with Gasteiger partial charge in [-0.05, 0) is 18.6 Å². The number of benzene rings is 1. The number of carbonyl (C=O) groups excluding carboxylic acids is 1. The first-order valence-electron chi connectivity index (χ1n) is 4.47. The van der Waals surface area contributed by atoms with Crippen LogP contribution < -0.4 is 0 Å². The fraction of sp³-hybridized carbons (Fsp3) is 0.250. The summed E-state index contributed by atoms with van der Waals surface area (Å²) in [7, 11) is 0. The molecule has 0 aliphatic heterocycles. The van der Waals surface area contributed by atoms with Crippen molar-refractivity contribution in [2.24, 2.45) is 0 Å². The Kier molecular flexibility index (Phi) is 3.07. The normalized spacial score (nSPS) is 14.1. The average Bonchev–Trinajstić information content (AvgIpc) is 2.18. The molecule has 0 fully saturated rings. The van der Waals surface area contributed by atoms with Gasteiger partial charge in [0.1, 0.15) is 0 Å². The summed E-state index contributed by atoms with van der Waals surface area (Å²) in [6, 6.07) is 9.54. The zero-order valence-electron chi connectivity index (χ0n) is 8.49. The number of hydrogen-bond acceptors (Lipinski definition) is 2. The van der Waals surface area contributed by atoms with Crippen LogP contribution in [-0.4, -0.2) is 5.97 Å². The molecule has 74 valence electrons. The quantitative estimate of drug-likeness (QED) is 0.541. The molecule has 1 unspecified atom stereocenters. The van der Waals surface area contributed by atoms with Gasteiger partial charge in [0, 0.05) is 6.92 Å². The summed E-state index contributed by atoms with van der Waals surface area (Å²) in [6.07, 6.45) is 1.63. The molecular weight excluding hydrogens is 176 g/mol. The van der Waals surface area contributed by atoms with Gasteiger partial charge >= 0.3 is 5.97 Å². The van der Waals surface area contributed by atoms with Crippen LogP contribution in [0.15, 0.2) is 43.0 Å². The lowest BCUT2D eigenvalue weighted by atomic mass is 9.96. The number of hydrogen-bond donors (Lipinski definition) is 0. The van der Waals surface area contributed by atoms with Crippen molar-refractivity contribution in [3.63, 3.8) is 0 Å². The van der Waals surface area contributed by atoms with Gasteiger partial charge in [0.05, 0.1) is 0 Å². The minimum absolute atomic E-state index is 0.309. The van der Waals surface area contributed by atoms with E-state index in [0.717, 1.165) is 5.56 Å². The van der Waals surface area contributed by atoms with Crippen molar-refractivity contribution in [2.45, 2.75) is 19.4 Å². The van der Waals surface area contributed by atoms with Crippen LogP contribution >= 0.6 is 0 Å². The largest absolute Gasteiger partial charge is 0.450 e. The smallest absolute Gasteiger partial charge is 0.303 e. The van der Waals surface area contributed by atoms with Gasteiger partial charge in [0.15, 0.2) is 5.60 Å². The lowest BCUT2D eigenvalue weighted by Crippen LogP contribution is -2.25. The van der Waals surface area contributed by atoms with Gasteiger partial charge in [-0.2, -0.15) is 0 Å². The Morgan fingerprint density at radius 1 is 1.43 bits per heavy atom. The van der Waals surface area contributed by atoms with Crippen LogP contribution in [0, 0.1) is 0 Å². The van der Waals surface area contributed by atoms with E-state index in [-0.39, 0.29) is 5.97 Å². The summed E-state index contributed by atoms with van der Waals surface area (Å²) in [5, 5.41) is 0. The second-order valence-electron chi connectivity index (χ2n) is 3.27. The number of rotatable bonds is 3. The van der Waals surface area contributed by atoms with Gasteiger partial charge < -0.3 is 4.74 Å². The highest BCUT2D eigenvalue weighted by atomic mass is 16.6. The maximum Gasteiger partial charge on any atom is 0.303 e. The van der Waals surface area contributed by atoms with Crippen LogP contribution in [-0.2, 0) is 15.1 Å². The minimum Gasteiger partial charge on any atom is -0.450 e. The molecule has 0 aromatic heterocycles. The maximum absolute atomic E-state index is 10.9. The molecule has 0 aliphatic rings. The Bertz CT molecular complexity index is 329. The Labute approximate surface area is 84.2 Å². The molecule has 0 radical (unpaired) electrons. The standard InChI is InChI=1S/C12H14O2/c1-4-12(3,14-10(2)13)11-8-6-5-7-9-11/h4-9H,1H2,2-3H3. The second kappa shape index (κ2) is 4.09. The molecule has 2 nitrogen and oxygen atoms in total. The Morgan fingerprint density at radius 3 is 2.43 bits per heavy atom.